The summed E-state index contributed by atoms with van der Waals surface area (Å²) in [5, 5.41) is 7.27. The van der Waals surface area contributed by atoms with Crippen molar-refractivity contribution in [2.45, 2.75) is 38.3 Å². The lowest BCUT2D eigenvalue weighted by atomic mass is 10.1. The molecule has 3 aromatic rings. The average molecular weight is 399 g/mol. The van der Waals surface area contributed by atoms with E-state index < -0.39 is 0 Å². The van der Waals surface area contributed by atoms with Crippen molar-refractivity contribution >= 4 is 11.8 Å². The molecule has 1 N–H and O–H groups in total. The van der Waals surface area contributed by atoms with Crippen LogP contribution in [0, 0.1) is 11.8 Å². The van der Waals surface area contributed by atoms with E-state index in [1.54, 1.807) is 15.8 Å². The second-order valence-electron chi connectivity index (χ2n) is 7.41. The highest BCUT2D eigenvalue weighted by Gasteiger charge is 2.26. The molecule has 2 aromatic heterocycles. The molecule has 0 saturated carbocycles. The van der Waals surface area contributed by atoms with Gasteiger partial charge in [0.1, 0.15) is 5.82 Å². The summed E-state index contributed by atoms with van der Waals surface area (Å²) in [6.07, 6.45) is 8.84. The van der Waals surface area contributed by atoms with Gasteiger partial charge in [-0.05, 0) is 30.5 Å². The number of hydrogen-bond acceptors (Lipinski definition) is 3. The van der Waals surface area contributed by atoms with Crippen LogP contribution in [0.4, 0.5) is 10.6 Å². The summed E-state index contributed by atoms with van der Waals surface area (Å²) in [5.41, 5.74) is 3.04. The van der Waals surface area contributed by atoms with Gasteiger partial charge in [-0.1, -0.05) is 30.3 Å². The number of urea groups is 1. The van der Waals surface area contributed by atoms with Crippen LogP contribution in [0.1, 0.15) is 31.2 Å². The molecule has 4 rings (SSSR count). The first-order valence-electron chi connectivity index (χ1n) is 10.2. The minimum Gasteiger partial charge on any atom is -0.334 e. The highest BCUT2D eigenvalue weighted by Crippen LogP contribution is 2.25. The number of nitrogens with zero attached hydrogens (tertiary/aromatic N) is 4. The number of aryl methyl sites for hydroxylation is 1. The molecule has 30 heavy (non-hydrogen) atoms. The van der Waals surface area contributed by atoms with Gasteiger partial charge in [-0.2, -0.15) is 5.10 Å². The Labute approximate surface area is 176 Å². The Morgan fingerprint density at radius 1 is 1.10 bits per heavy atom. The zero-order valence-corrected chi connectivity index (χ0v) is 17.1. The van der Waals surface area contributed by atoms with Gasteiger partial charge in [-0.25, -0.2) is 9.78 Å². The lowest BCUT2D eigenvalue weighted by Gasteiger charge is -2.30. The first-order valence-corrected chi connectivity index (χ1v) is 10.2. The zero-order chi connectivity index (χ0) is 20.8. The maximum absolute atomic E-state index is 13.2. The number of benzene rings is 1. The van der Waals surface area contributed by atoms with E-state index in [9.17, 15) is 4.79 Å². The summed E-state index contributed by atoms with van der Waals surface area (Å²) < 4.78 is 1.76. The van der Waals surface area contributed by atoms with E-state index in [0.29, 0.717) is 12.4 Å². The third-order valence-corrected chi connectivity index (χ3v) is 5.23. The first kappa shape index (κ1) is 19.7. The topological polar surface area (TPSA) is 63.1 Å². The summed E-state index contributed by atoms with van der Waals surface area (Å²) in [5.74, 6) is 7.00. The fraction of sp³-hybridized carbons (Fsp3) is 0.292. The molecule has 0 atom stereocenters. The maximum atomic E-state index is 13.2. The number of carbonyl (C=O) groups is 1. The van der Waals surface area contributed by atoms with Crippen LogP contribution < -0.4 is 10.2 Å². The summed E-state index contributed by atoms with van der Waals surface area (Å²) in [7, 11) is 1.89. The molecule has 0 unspecified atom stereocenters. The molecule has 0 spiro atoms. The molecule has 2 amide bonds. The first-order chi connectivity index (χ1) is 14.7. The summed E-state index contributed by atoms with van der Waals surface area (Å²) in [4.78, 5) is 19.6. The van der Waals surface area contributed by atoms with Crippen LogP contribution in [0.2, 0.25) is 0 Å². The SMILES string of the molecule is Cn1cc(-c2ccc(N(C(=O)NCc3ccccc3)C3CCC#CCC3)nc2)cn1. The van der Waals surface area contributed by atoms with E-state index in [0.717, 1.165) is 42.4 Å². The highest BCUT2D eigenvalue weighted by atomic mass is 16.2. The molecule has 2 heterocycles. The molecule has 6 heteroatoms. The van der Waals surface area contributed by atoms with E-state index in [4.69, 9.17) is 0 Å². The lowest BCUT2D eigenvalue weighted by molar-refractivity contribution is 0.242. The molecule has 1 aliphatic carbocycles. The van der Waals surface area contributed by atoms with Crippen molar-refractivity contribution in [1.29, 1.82) is 0 Å². The Morgan fingerprint density at radius 2 is 1.87 bits per heavy atom. The summed E-state index contributed by atoms with van der Waals surface area (Å²) >= 11 is 0. The minimum absolute atomic E-state index is 0.0556. The van der Waals surface area contributed by atoms with Crippen molar-refractivity contribution in [1.82, 2.24) is 20.1 Å². The Balaban J connectivity index is 1.55. The average Bonchev–Trinajstić information content (AvgIpc) is 3.04. The van der Waals surface area contributed by atoms with Gasteiger partial charge in [-0.3, -0.25) is 9.58 Å². The third kappa shape index (κ3) is 4.69. The van der Waals surface area contributed by atoms with Gasteiger partial charge in [0.2, 0.25) is 0 Å². The van der Waals surface area contributed by atoms with Crippen LogP contribution in [-0.2, 0) is 13.6 Å². The van der Waals surface area contributed by atoms with Gasteiger partial charge in [-0.15, -0.1) is 11.8 Å². The Morgan fingerprint density at radius 3 is 2.50 bits per heavy atom. The van der Waals surface area contributed by atoms with Crippen molar-refractivity contribution in [3.63, 3.8) is 0 Å². The monoisotopic (exact) mass is 399 g/mol. The van der Waals surface area contributed by atoms with Crippen molar-refractivity contribution in [3.05, 3.63) is 66.6 Å². The number of nitrogens with one attached hydrogen (secondary N) is 1. The molecular formula is C24H25N5O. The number of pyridine rings is 1. The van der Waals surface area contributed by atoms with Crippen LogP contribution in [0.3, 0.4) is 0 Å². The second kappa shape index (κ2) is 9.27. The summed E-state index contributed by atoms with van der Waals surface area (Å²) in [6.45, 7) is 0.479. The lowest BCUT2D eigenvalue weighted by Crippen LogP contribution is -2.46. The van der Waals surface area contributed by atoms with E-state index in [-0.39, 0.29) is 12.1 Å². The molecule has 0 fully saturated rings. The van der Waals surface area contributed by atoms with E-state index in [1.807, 2.05) is 61.9 Å². The normalized spacial score (nSPS) is 13.8. The summed E-state index contributed by atoms with van der Waals surface area (Å²) in [6, 6.07) is 13.8. The molecule has 0 saturated heterocycles. The quantitative estimate of drug-likeness (QED) is 0.656. The van der Waals surface area contributed by atoms with Crippen molar-refractivity contribution in [2.24, 2.45) is 7.05 Å². The van der Waals surface area contributed by atoms with E-state index in [2.05, 4.69) is 27.2 Å². The highest BCUT2D eigenvalue weighted by molar-refractivity contribution is 5.91. The molecular weight excluding hydrogens is 374 g/mol. The van der Waals surface area contributed by atoms with Gasteiger partial charge in [0.05, 0.1) is 6.20 Å². The minimum atomic E-state index is -0.132. The second-order valence-corrected chi connectivity index (χ2v) is 7.41. The predicted molar refractivity (Wildman–Crippen MR) is 118 cm³/mol. The number of carbonyl (C=O) groups excluding carboxylic acids is 1. The largest absolute Gasteiger partial charge is 0.334 e. The van der Waals surface area contributed by atoms with Crippen molar-refractivity contribution in [3.8, 4) is 23.0 Å². The molecule has 0 bridgehead atoms. The zero-order valence-electron chi connectivity index (χ0n) is 17.1. The number of anilines is 1. The van der Waals surface area contributed by atoms with Gasteiger partial charge >= 0.3 is 6.03 Å². The number of rotatable bonds is 5. The fourth-order valence-electron chi connectivity index (χ4n) is 3.64. The molecule has 6 nitrogen and oxygen atoms in total. The smallest absolute Gasteiger partial charge is 0.323 e. The molecule has 0 radical (unpaired) electrons. The molecule has 152 valence electrons. The standard InChI is InChI=1S/C24H25N5O/c1-28-18-21(17-27-28)20-13-14-23(25-16-20)29(22-11-7-2-3-8-12-22)24(30)26-15-19-9-5-4-6-10-19/h4-6,9-10,13-14,16-18,22H,7-8,11-12,15H2,1H3,(H,26,30). The van der Waals surface area contributed by atoms with Crippen LogP contribution in [0.25, 0.3) is 11.1 Å². The van der Waals surface area contributed by atoms with Gasteiger partial charge in [0, 0.05) is 56.0 Å². The van der Waals surface area contributed by atoms with Gasteiger partial charge in [0.15, 0.2) is 0 Å². The van der Waals surface area contributed by atoms with Crippen LogP contribution in [0.5, 0.6) is 0 Å². The number of aromatic nitrogens is 3. The molecule has 1 aliphatic rings. The Bertz CT molecular complexity index is 1030. The number of amides is 2. The van der Waals surface area contributed by atoms with Gasteiger partial charge in [0.25, 0.3) is 0 Å². The van der Waals surface area contributed by atoms with E-state index >= 15 is 0 Å². The van der Waals surface area contributed by atoms with Crippen LogP contribution >= 0.6 is 0 Å². The third-order valence-electron chi connectivity index (χ3n) is 5.23. The van der Waals surface area contributed by atoms with Crippen LogP contribution in [-0.4, -0.2) is 26.8 Å². The Kier molecular flexibility index (Phi) is 6.09. The maximum Gasteiger partial charge on any atom is 0.323 e. The van der Waals surface area contributed by atoms with Crippen molar-refractivity contribution in [2.75, 3.05) is 4.90 Å². The fourth-order valence-corrected chi connectivity index (χ4v) is 3.64. The molecule has 0 aliphatic heterocycles. The van der Waals surface area contributed by atoms with Gasteiger partial charge < -0.3 is 5.32 Å². The van der Waals surface area contributed by atoms with E-state index in [1.165, 1.54) is 0 Å². The van der Waals surface area contributed by atoms with Crippen molar-refractivity contribution < 1.29 is 4.79 Å². The van der Waals surface area contributed by atoms with Crippen LogP contribution in [0.15, 0.2) is 61.1 Å². The number of hydrogen-bond donors (Lipinski definition) is 1. The molecule has 1 aromatic carbocycles. The predicted octanol–water partition coefficient (Wildman–Crippen LogP) is 4.14. The Hall–Kier alpha value is -3.59.